The van der Waals surface area contributed by atoms with Gasteiger partial charge in [0.25, 0.3) is 0 Å². The van der Waals surface area contributed by atoms with Crippen molar-refractivity contribution >= 4 is 5.97 Å². The first kappa shape index (κ1) is 16.7. The number of benzene rings is 1. The fourth-order valence-electron chi connectivity index (χ4n) is 1.76. The van der Waals surface area contributed by atoms with Crippen molar-refractivity contribution in [1.29, 1.82) is 0 Å². The number of aliphatic hydroxyl groups is 1. The van der Waals surface area contributed by atoms with Gasteiger partial charge >= 0.3 is 5.97 Å². The van der Waals surface area contributed by atoms with Gasteiger partial charge < -0.3 is 14.6 Å². The van der Waals surface area contributed by atoms with Crippen LogP contribution in [-0.2, 0) is 20.9 Å². The van der Waals surface area contributed by atoms with Gasteiger partial charge in [-0.1, -0.05) is 44.2 Å². The van der Waals surface area contributed by atoms with Crippen molar-refractivity contribution in [3.8, 4) is 0 Å². The van der Waals surface area contributed by atoms with Crippen LogP contribution in [0, 0.1) is 5.41 Å². The molecule has 0 spiro atoms. The van der Waals surface area contributed by atoms with E-state index in [-0.39, 0.29) is 12.4 Å². The third kappa shape index (κ3) is 5.72. The second kappa shape index (κ2) is 8.02. The lowest BCUT2D eigenvalue weighted by molar-refractivity contribution is -0.148. The average molecular weight is 280 g/mol. The number of carbonyl (C=O) groups excluding carboxylic acids is 1. The van der Waals surface area contributed by atoms with E-state index >= 15 is 0 Å². The Labute approximate surface area is 120 Å². The van der Waals surface area contributed by atoms with Crippen molar-refractivity contribution < 1.29 is 19.4 Å². The number of carbonyl (C=O) groups is 1. The summed E-state index contributed by atoms with van der Waals surface area (Å²) in [6.07, 6.45) is -0.785. The minimum atomic E-state index is -0.780. The lowest BCUT2D eigenvalue weighted by Gasteiger charge is -2.29. The number of rotatable bonds is 8. The largest absolute Gasteiger partial charge is 0.466 e. The third-order valence-corrected chi connectivity index (χ3v) is 3.15. The molecule has 0 aliphatic carbocycles. The monoisotopic (exact) mass is 280 g/mol. The average Bonchev–Trinajstić information content (AvgIpc) is 2.40. The van der Waals surface area contributed by atoms with Gasteiger partial charge in [-0.15, -0.1) is 0 Å². The molecule has 0 fully saturated rings. The van der Waals surface area contributed by atoms with E-state index in [1.807, 2.05) is 44.2 Å². The summed E-state index contributed by atoms with van der Waals surface area (Å²) in [5.74, 6) is -0.379. The molecule has 0 heterocycles. The molecular weight excluding hydrogens is 256 g/mol. The lowest BCUT2D eigenvalue weighted by atomic mass is 9.85. The van der Waals surface area contributed by atoms with Crippen molar-refractivity contribution in [3.63, 3.8) is 0 Å². The van der Waals surface area contributed by atoms with Gasteiger partial charge in [-0.25, -0.2) is 0 Å². The molecule has 0 aromatic heterocycles. The molecule has 1 rings (SSSR count). The zero-order valence-corrected chi connectivity index (χ0v) is 12.5. The van der Waals surface area contributed by atoms with E-state index in [4.69, 9.17) is 9.47 Å². The minimum absolute atomic E-state index is 0.00443. The molecule has 0 bridgehead atoms. The van der Waals surface area contributed by atoms with Crippen molar-refractivity contribution in [2.75, 3.05) is 13.2 Å². The number of esters is 1. The van der Waals surface area contributed by atoms with Gasteiger partial charge in [-0.3, -0.25) is 4.79 Å². The second-order valence-corrected chi connectivity index (χ2v) is 5.49. The van der Waals surface area contributed by atoms with Crippen molar-refractivity contribution in [3.05, 3.63) is 35.9 Å². The van der Waals surface area contributed by atoms with Crippen LogP contribution >= 0.6 is 0 Å². The van der Waals surface area contributed by atoms with E-state index in [9.17, 15) is 9.90 Å². The van der Waals surface area contributed by atoms with Gasteiger partial charge in [0.2, 0.25) is 0 Å². The summed E-state index contributed by atoms with van der Waals surface area (Å²) >= 11 is 0. The van der Waals surface area contributed by atoms with Crippen LogP contribution in [0.1, 0.15) is 32.8 Å². The molecule has 0 saturated carbocycles. The number of hydrogen-bond donors (Lipinski definition) is 1. The molecule has 0 aliphatic heterocycles. The Bertz CT molecular complexity index is 400. The van der Waals surface area contributed by atoms with Gasteiger partial charge in [-0.2, -0.15) is 0 Å². The number of aliphatic hydroxyl groups excluding tert-OH is 1. The van der Waals surface area contributed by atoms with Crippen molar-refractivity contribution in [2.45, 2.75) is 39.9 Å². The highest BCUT2D eigenvalue weighted by molar-refractivity contribution is 5.70. The minimum Gasteiger partial charge on any atom is -0.466 e. The molecule has 0 saturated heterocycles. The predicted molar refractivity (Wildman–Crippen MR) is 77.1 cm³/mol. The molecule has 1 N–H and O–H groups in total. The van der Waals surface area contributed by atoms with E-state index in [2.05, 4.69) is 0 Å². The highest BCUT2D eigenvalue weighted by Gasteiger charge is 2.30. The van der Waals surface area contributed by atoms with Crippen molar-refractivity contribution in [2.24, 2.45) is 5.41 Å². The lowest BCUT2D eigenvalue weighted by Crippen LogP contribution is -2.36. The summed E-state index contributed by atoms with van der Waals surface area (Å²) in [4.78, 5) is 11.4. The van der Waals surface area contributed by atoms with E-state index in [1.165, 1.54) is 0 Å². The van der Waals surface area contributed by atoms with Crippen LogP contribution in [0.5, 0.6) is 0 Å². The highest BCUT2D eigenvalue weighted by Crippen LogP contribution is 2.24. The number of hydrogen-bond acceptors (Lipinski definition) is 4. The molecule has 0 aliphatic rings. The molecule has 20 heavy (non-hydrogen) atoms. The molecule has 0 radical (unpaired) electrons. The molecule has 4 heteroatoms. The zero-order chi connectivity index (χ0) is 15.0. The first-order valence-electron chi connectivity index (χ1n) is 6.91. The Hall–Kier alpha value is -1.39. The van der Waals surface area contributed by atoms with Crippen LogP contribution in [0.3, 0.4) is 0 Å². The zero-order valence-electron chi connectivity index (χ0n) is 12.5. The van der Waals surface area contributed by atoms with Crippen molar-refractivity contribution in [1.82, 2.24) is 0 Å². The van der Waals surface area contributed by atoms with E-state index in [1.54, 1.807) is 6.92 Å². The molecule has 1 atom stereocenters. The molecule has 4 nitrogen and oxygen atoms in total. The summed E-state index contributed by atoms with van der Waals surface area (Å²) in [5, 5.41) is 10.1. The van der Waals surface area contributed by atoms with Crippen LogP contribution in [0.25, 0.3) is 0 Å². The molecule has 112 valence electrons. The maximum atomic E-state index is 11.4. The summed E-state index contributed by atoms with van der Waals surface area (Å²) in [7, 11) is 0. The first-order chi connectivity index (χ1) is 9.45. The molecule has 1 aromatic rings. The smallest absolute Gasteiger partial charge is 0.308 e. The van der Waals surface area contributed by atoms with Gasteiger partial charge in [-0.05, 0) is 12.5 Å². The molecular formula is C16H24O4. The van der Waals surface area contributed by atoms with Gasteiger partial charge in [0.05, 0.1) is 32.3 Å². The van der Waals surface area contributed by atoms with Crippen LogP contribution in [0.2, 0.25) is 0 Å². The Morgan fingerprint density at radius 3 is 2.55 bits per heavy atom. The summed E-state index contributed by atoms with van der Waals surface area (Å²) in [6.45, 7) is 6.71. The van der Waals surface area contributed by atoms with Gasteiger partial charge in [0, 0.05) is 5.41 Å². The quantitative estimate of drug-likeness (QED) is 0.743. The summed E-state index contributed by atoms with van der Waals surface area (Å²) in [5.41, 5.74) is 0.588. The summed E-state index contributed by atoms with van der Waals surface area (Å²) < 4.78 is 10.5. The topological polar surface area (TPSA) is 55.8 Å². The Balaban J connectivity index is 2.38. The first-order valence-corrected chi connectivity index (χ1v) is 6.91. The maximum Gasteiger partial charge on any atom is 0.308 e. The molecule has 0 amide bonds. The molecule has 1 aromatic carbocycles. The highest BCUT2D eigenvalue weighted by atomic mass is 16.5. The molecule has 1 unspecified atom stereocenters. The number of ether oxygens (including phenoxy) is 2. The third-order valence-electron chi connectivity index (χ3n) is 3.15. The van der Waals surface area contributed by atoms with E-state index in [0.29, 0.717) is 19.8 Å². The van der Waals surface area contributed by atoms with Crippen LogP contribution in [0.15, 0.2) is 30.3 Å². The van der Waals surface area contributed by atoms with Gasteiger partial charge in [0.15, 0.2) is 0 Å². The van der Waals surface area contributed by atoms with Crippen LogP contribution < -0.4 is 0 Å². The summed E-state index contributed by atoms with van der Waals surface area (Å²) in [6, 6.07) is 9.85. The van der Waals surface area contributed by atoms with Crippen LogP contribution in [-0.4, -0.2) is 30.4 Å². The fraction of sp³-hybridized carbons (Fsp3) is 0.562. The maximum absolute atomic E-state index is 11.4. The Morgan fingerprint density at radius 1 is 1.30 bits per heavy atom. The second-order valence-electron chi connectivity index (χ2n) is 5.49. The van der Waals surface area contributed by atoms with E-state index < -0.39 is 11.5 Å². The van der Waals surface area contributed by atoms with Crippen LogP contribution in [0.4, 0.5) is 0 Å². The normalized spacial score (nSPS) is 13.0. The SMILES string of the molecule is CCOC(=O)CC(O)C(C)(C)COCc1ccccc1. The predicted octanol–water partition coefficient (Wildman–Crippen LogP) is 2.54. The Morgan fingerprint density at radius 2 is 1.95 bits per heavy atom. The fourth-order valence-corrected chi connectivity index (χ4v) is 1.76. The van der Waals surface area contributed by atoms with Gasteiger partial charge in [0.1, 0.15) is 0 Å². The van der Waals surface area contributed by atoms with E-state index in [0.717, 1.165) is 5.56 Å². The Kier molecular flexibility index (Phi) is 6.68. The standard InChI is InChI=1S/C16H24O4/c1-4-20-15(18)10-14(17)16(2,3)12-19-11-13-8-6-5-7-9-13/h5-9,14,17H,4,10-12H2,1-3H3.